The summed E-state index contributed by atoms with van der Waals surface area (Å²) in [6.45, 7) is 3.94. The molecule has 3 rings (SSSR count). The summed E-state index contributed by atoms with van der Waals surface area (Å²) in [6, 6.07) is 20.7. The topological polar surface area (TPSA) is 48.0 Å². The summed E-state index contributed by atoms with van der Waals surface area (Å²) >= 11 is 5.90. The minimum absolute atomic E-state index is 0.0545. The molecular formula is C26H28ClNO4. The molecule has 168 valence electrons. The molecule has 0 spiro atoms. The second kappa shape index (κ2) is 11.6. The number of hydrogen-bond acceptors (Lipinski definition) is 4. The van der Waals surface area contributed by atoms with Crippen molar-refractivity contribution in [2.45, 2.75) is 20.1 Å². The number of likely N-dealkylation sites (N-methyl/N-ethyl adjacent to an activating group) is 1. The molecule has 0 N–H and O–H groups in total. The maximum Gasteiger partial charge on any atom is 0.253 e. The van der Waals surface area contributed by atoms with Crippen LogP contribution in [0.1, 0.15) is 27.0 Å². The highest BCUT2D eigenvalue weighted by molar-refractivity contribution is 6.30. The van der Waals surface area contributed by atoms with Crippen molar-refractivity contribution < 1.29 is 19.0 Å². The van der Waals surface area contributed by atoms with Crippen molar-refractivity contribution in [1.29, 1.82) is 0 Å². The predicted octanol–water partition coefficient (Wildman–Crippen LogP) is 5.52. The van der Waals surface area contributed by atoms with E-state index in [1.807, 2.05) is 43.3 Å². The lowest BCUT2D eigenvalue weighted by Crippen LogP contribution is -2.30. The molecular weight excluding hydrogens is 426 g/mol. The fourth-order valence-corrected chi connectivity index (χ4v) is 3.30. The van der Waals surface area contributed by atoms with Crippen LogP contribution in [0, 0.1) is 6.92 Å². The van der Waals surface area contributed by atoms with Gasteiger partial charge in [0.1, 0.15) is 18.1 Å². The summed E-state index contributed by atoms with van der Waals surface area (Å²) in [7, 11) is 3.37. The van der Waals surface area contributed by atoms with Gasteiger partial charge in [0.25, 0.3) is 5.91 Å². The molecule has 3 aromatic carbocycles. The highest BCUT2D eigenvalue weighted by Gasteiger charge is 2.12. The third-order valence-corrected chi connectivity index (χ3v) is 5.31. The molecule has 0 aliphatic carbocycles. The number of methoxy groups -OCH3 is 1. The van der Waals surface area contributed by atoms with Crippen LogP contribution < -0.4 is 9.47 Å². The van der Waals surface area contributed by atoms with Crippen LogP contribution in [0.5, 0.6) is 11.5 Å². The Morgan fingerprint density at radius 3 is 2.25 bits per heavy atom. The fraction of sp³-hybridized carbons (Fsp3) is 0.269. The lowest BCUT2D eigenvalue weighted by Gasteiger charge is -2.18. The number of amides is 1. The molecule has 5 nitrogen and oxygen atoms in total. The quantitative estimate of drug-likeness (QED) is 0.405. The van der Waals surface area contributed by atoms with Gasteiger partial charge in [-0.2, -0.15) is 0 Å². The largest absolute Gasteiger partial charge is 0.497 e. The summed E-state index contributed by atoms with van der Waals surface area (Å²) in [5, 5.41) is 0.719. The molecule has 32 heavy (non-hydrogen) atoms. The molecule has 1 amide bonds. The minimum Gasteiger partial charge on any atom is -0.497 e. The minimum atomic E-state index is -0.0545. The first-order valence-corrected chi connectivity index (χ1v) is 10.8. The van der Waals surface area contributed by atoms with Gasteiger partial charge in [0.2, 0.25) is 0 Å². The third-order valence-electron chi connectivity index (χ3n) is 5.06. The van der Waals surface area contributed by atoms with Gasteiger partial charge in [0.15, 0.2) is 0 Å². The van der Waals surface area contributed by atoms with Gasteiger partial charge in [0, 0.05) is 17.6 Å². The van der Waals surface area contributed by atoms with E-state index in [0.717, 1.165) is 33.2 Å². The molecule has 0 saturated carbocycles. The molecule has 0 aromatic heterocycles. The van der Waals surface area contributed by atoms with E-state index in [0.29, 0.717) is 31.9 Å². The summed E-state index contributed by atoms with van der Waals surface area (Å²) in [5.74, 6) is 1.47. The van der Waals surface area contributed by atoms with E-state index in [4.69, 9.17) is 25.8 Å². The van der Waals surface area contributed by atoms with Crippen LogP contribution in [0.15, 0.2) is 66.7 Å². The van der Waals surface area contributed by atoms with Crippen LogP contribution in [0.2, 0.25) is 5.02 Å². The van der Waals surface area contributed by atoms with Crippen molar-refractivity contribution in [3.05, 3.63) is 94.0 Å². The van der Waals surface area contributed by atoms with Gasteiger partial charge in [-0.05, 0) is 66.1 Å². The summed E-state index contributed by atoms with van der Waals surface area (Å²) in [6.07, 6.45) is 0. The molecule has 0 aliphatic heterocycles. The molecule has 0 aliphatic rings. The van der Waals surface area contributed by atoms with Crippen molar-refractivity contribution in [2.75, 3.05) is 27.3 Å². The van der Waals surface area contributed by atoms with Gasteiger partial charge in [-0.15, -0.1) is 0 Å². The third kappa shape index (κ3) is 6.74. The zero-order chi connectivity index (χ0) is 22.9. The van der Waals surface area contributed by atoms with Crippen molar-refractivity contribution in [3.8, 4) is 11.5 Å². The Balaban J connectivity index is 1.44. The number of hydrogen-bond donors (Lipinski definition) is 0. The fourth-order valence-electron chi connectivity index (χ4n) is 3.18. The Morgan fingerprint density at radius 1 is 0.938 bits per heavy atom. The van der Waals surface area contributed by atoms with E-state index in [1.54, 1.807) is 43.3 Å². The van der Waals surface area contributed by atoms with Gasteiger partial charge in [-0.3, -0.25) is 4.79 Å². The van der Waals surface area contributed by atoms with Crippen LogP contribution in [0.25, 0.3) is 0 Å². The van der Waals surface area contributed by atoms with Crippen LogP contribution in [-0.4, -0.2) is 38.1 Å². The first-order chi connectivity index (χ1) is 15.5. The van der Waals surface area contributed by atoms with Crippen molar-refractivity contribution in [2.24, 2.45) is 0 Å². The maximum absolute atomic E-state index is 12.5. The Bertz CT molecular complexity index is 1020. The Hall–Kier alpha value is -3.02. The first kappa shape index (κ1) is 23.6. The molecule has 0 radical (unpaired) electrons. The zero-order valence-corrected chi connectivity index (χ0v) is 19.4. The number of aryl methyl sites for hydroxylation is 1. The number of rotatable bonds is 10. The van der Waals surface area contributed by atoms with Gasteiger partial charge < -0.3 is 19.1 Å². The SMILES string of the molecule is COc1ccc(C(=O)N(C)CCOc2ccc(COCc3ccc(Cl)cc3)cc2C)cc1. The second-order valence-corrected chi connectivity index (χ2v) is 7.96. The lowest BCUT2D eigenvalue weighted by molar-refractivity contribution is 0.0773. The van der Waals surface area contributed by atoms with Crippen LogP contribution in [0.3, 0.4) is 0 Å². The highest BCUT2D eigenvalue weighted by Crippen LogP contribution is 2.20. The van der Waals surface area contributed by atoms with Gasteiger partial charge >= 0.3 is 0 Å². The molecule has 6 heteroatoms. The molecule has 0 saturated heterocycles. The van der Waals surface area contributed by atoms with E-state index in [9.17, 15) is 4.79 Å². The van der Waals surface area contributed by atoms with Crippen molar-refractivity contribution in [1.82, 2.24) is 4.90 Å². The average molecular weight is 454 g/mol. The molecule has 0 unspecified atom stereocenters. The van der Waals surface area contributed by atoms with E-state index in [1.165, 1.54) is 0 Å². The number of nitrogens with zero attached hydrogens (tertiary/aromatic N) is 1. The lowest BCUT2D eigenvalue weighted by atomic mass is 10.1. The Morgan fingerprint density at radius 2 is 1.59 bits per heavy atom. The number of benzene rings is 3. The molecule has 0 bridgehead atoms. The predicted molar refractivity (Wildman–Crippen MR) is 127 cm³/mol. The maximum atomic E-state index is 12.5. The van der Waals surface area contributed by atoms with Crippen LogP contribution in [0.4, 0.5) is 0 Å². The molecule has 3 aromatic rings. The standard InChI is InChI=1S/C26H28ClNO4/c1-19-16-21(18-31-17-20-4-9-23(27)10-5-20)6-13-25(19)32-15-14-28(2)26(29)22-7-11-24(30-3)12-8-22/h4-13,16H,14-15,17-18H2,1-3H3. The molecule has 0 atom stereocenters. The average Bonchev–Trinajstić information content (AvgIpc) is 2.81. The van der Waals surface area contributed by atoms with E-state index in [2.05, 4.69) is 6.07 Å². The Kier molecular flexibility index (Phi) is 8.54. The first-order valence-electron chi connectivity index (χ1n) is 10.4. The summed E-state index contributed by atoms with van der Waals surface area (Å²) in [5.41, 5.74) is 3.81. The number of carbonyl (C=O) groups is 1. The van der Waals surface area contributed by atoms with E-state index >= 15 is 0 Å². The Labute approximate surface area is 194 Å². The molecule has 0 heterocycles. The summed E-state index contributed by atoms with van der Waals surface area (Å²) in [4.78, 5) is 14.2. The second-order valence-electron chi connectivity index (χ2n) is 7.52. The van der Waals surface area contributed by atoms with E-state index < -0.39 is 0 Å². The normalized spacial score (nSPS) is 10.6. The highest BCUT2D eigenvalue weighted by atomic mass is 35.5. The molecule has 0 fully saturated rings. The monoisotopic (exact) mass is 453 g/mol. The van der Waals surface area contributed by atoms with Crippen molar-refractivity contribution >= 4 is 17.5 Å². The van der Waals surface area contributed by atoms with E-state index in [-0.39, 0.29) is 5.91 Å². The van der Waals surface area contributed by atoms with Gasteiger partial charge in [-0.25, -0.2) is 0 Å². The van der Waals surface area contributed by atoms with Crippen molar-refractivity contribution in [3.63, 3.8) is 0 Å². The number of carbonyl (C=O) groups excluding carboxylic acids is 1. The van der Waals surface area contributed by atoms with Crippen LogP contribution in [-0.2, 0) is 18.0 Å². The number of halogens is 1. The van der Waals surface area contributed by atoms with Gasteiger partial charge in [-0.1, -0.05) is 35.9 Å². The zero-order valence-electron chi connectivity index (χ0n) is 18.6. The van der Waals surface area contributed by atoms with Crippen LogP contribution >= 0.6 is 11.6 Å². The number of ether oxygens (including phenoxy) is 3. The van der Waals surface area contributed by atoms with Gasteiger partial charge in [0.05, 0.1) is 26.9 Å². The smallest absolute Gasteiger partial charge is 0.253 e. The summed E-state index contributed by atoms with van der Waals surface area (Å²) < 4.78 is 16.8.